The van der Waals surface area contributed by atoms with Crippen molar-refractivity contribution in [3.63, 3.8) is 0 Å². The van der Waals surface area contributed by atoms with E-state index in [2.05, 4.69) is 35.7 Å². The lowest BCUT2D eigenvalue weighted by Gasteiger charge is -2.35. The molecule has 2 heterocycles. The van der Waals surface area contributed by atoms with Crippen molar-refractivity contribution in [2.45, 2.75) is 18.2 Å². The fourth-order valence-corrected chi connectivity index (χ4v) is 4.43. The standard InChI is InChI=1S/C23H26N4OS/c1-2-16-29-23-24-20-10-6-7-11-21(20)27(23)18-22(28)26-14-12-25(13-15-26)17-19-8-4-3-5-9-19/h2-11H,1,12-18H2. The van der Waals surface area contributed by atoms with Gasteiger partial charge in [-0.05, 0) is 17.7 Å². The van der Waals surface area contributed by atoms with E-state index in [-0.39, 0.29) is 5.91 Å². The van der Waals surface area contributed by atoms with Crippen LogP contribution in [-0.2, 0) is 17.9 Å². The molecule has 5 nitrogen and oxygen atoms in total. The molecule has 1 amide bonds. The Morgan fingerprint density at radius 3 is 2.52 bits per heavy atom. The van der Waals surface area contributed by atoms with E-state index in [1.54, 1.807) is 11.8 Å². The van der Waals surface area contributed by atoms with E-state index in [0.717, 1.165) is 54.7 Å². The number of piperazine rings is 1. The summed E-state index contributed by atoms with van der Waals surface area (Å²) in [7, 11) is 0. The number of carbonyl (C=O) groups is 1. The zero-order chi connectivity index (χ0) is 20.1. The van der Waals surface area contributed by atoms with Crippen LogP contribution in [0.15, 0.2) is 72.4 Å². The molecule has 0 unspecified atom stereocenters. The molecule has 1 aliphatic rings. The van der Waals surface area contributed by atoms with Gasteiger partial charge in [0.05, 0.1) is 11.0 Å². The van der Waals surface area contributed by atoms with Crippen molar-refractivity contribution < 1.29 is 4.79 Å². The van der Waals surface area contributed by atoms with Gasteiger partial charge in [0.25, 0.3) is 0 Å². The fourth-order valence-electron chi connectivity index (χ4n) is 3.68. The summed E-state index contributed by atoms with van der Waals surface area (Å²) in [6.45, 7) is 8.42. The van der Waals surface area contributed by atoms with Crippen LogP contribution in [0.2, 0.25) is 0 Å². The maximum absolute atomic E-state index is 13.0. The molecule has 150 valence electrons. The molecule has 0 atom stereocenters. The summed E-state index contributed by atoms with van der Waals surface area (Å²) >= 11 is 1.62. The molecule has 29 heavy (non-hydrogen) atoms. The maximum atomic E-state index is 13.0. The number of thioether (sulfide) groups is 1. The first-order valence-corrected chi connectivity index (χ1v) is 11.0. The minimum atomic E-state index is 0.160. The van der Waals surface area contributed by atoms with Crippen LogP contribution in [0.4, 0.5) is 0 Å². The van der Waals surface area contributed by atoms with Crippen LogP contribution in [0.1, 0.15) is 5.56 Å². The Bertz CT molecular complexity index is 977. The quantitative estimate of drug-likeness (QED) is 0.444. The van der Waals surface area contributed by atoms with Gasteiger partial charge in [-0.1, -0.05) is 60.3 Å². The topological polar surface area (TPSA) is 41.4 Å². The van der Waals surface area contributed by atoms with E-state index >= 15 is 0 Å². The molecular weight excluding hydrogens is 380 g/mol. The number of amides is 1. The number of benzene rings is 2. The van der Waals surface area contributed by atoms with E-state index in [1.807, 2.05) is 45.9 Å². The van der Waals surface area contributed by atoms with Crippen LogP contribution in [0.5, 0.6) is 0 Å². The van der Waals surface area contributed by atoms with Crippen molar-refractivity contribution in [2.75, 3.05) is 31.9 Å². The molecule has 0 saturated carbocycles. The summed E-state index contributed by atoms with van der Waals surface area (Å²) in [5.74, 6) is 0.934. The van der Waals surface area contributed by atoms with Crippen molar-refractivity contribution in [3.8, 4) is 0 Å². The predicted octanol–water partition coefficient (Wildman–Crippen LogP) is 3.66. The number of rotatable bonds is 7. The minimum absolute atomic E-state index is 0.160. The number of hydrogen-bond acceptors (Lipinski definition) is 4. The number of fused-ring (bicyclic) bond motifs is 1. The van der Waals surface area contributed by atoms with E-state index in [9.17, 15) is 4.79 Å². The van der Waals surface area contributed by atoms with E-state index < -0.39 is 0 Å². The van der Waals surface area contributed by atoms with Crippen LogP contribution < -0.4 is 0 Å². The van der Waals surface area contributed by atoms with Crippen molar-refractivity contribution in [3.05, 3.63) is 72.8 Å². The van der Waals surface area contributed by atoms with E-state index in [4.69, 9.17) is 4.98 Å². The highest BCUT2D eigenvalue weighted by Gasteiger charge is 2.23. The van der Waals surface area contributed by atoms with Gasteiger partial charge in [0.2, 0.25) is 5.91 Å². The van der Waals surface area contributed by atoms with E-state index in [0.29, 0.717) is 6.54 Å². The number of imidazole rings is 1. The average molecular weight is 407 g/mol. The molecule has 0 aliphatic carbocycles. The molecule has 1 aromatic heterocycles. The zero-order valence-corrected chi connectivity index (χ0v) is 17.4. The van der Waals surface area contributed by atoms with Gasteiger partial charge < -0.3 is 9.47 Å². The van der Waals surface area contributed by atoms with Crippen molar-refractivity contribution in [1.29, 1.82) is 0 Å². The first kappa shape index (κ1) is 19.7. The number of hydrogen-bond donors (Lipinski definition) is 0. The Kier molecular flexibility index (Phi) is 6.32. The first-order chi connectivity index (χ1) is 14.2. The fraction of sp³-hybridized carbons (Fsp3) is 0.304. The minimum Gasteiger partial charge on any atom is -0.339 e. The van der Waals surface area contributed by atoms with Gasteiger partial charge in [-0.2, -0.15) is 0 Å². The molecule has 4 rings (SSSR count). The molecule has 3 aromatic rings. The summed E-state index contributed by atoms with van der Waals surface area (Å²) in [6.07, 6.45) is 1.86. The summed E-state index contributed by atoms with van der Waals surface area (Å²) in [4.78, 5) is 22.1. The van der Waals surface area contributed by atoms with Crippen LogP contribution in [0.25, 0.3) is 11.0 Å². The number of nitrogens with zero attached hydrogens (tertiary/aromatic N) is 4. The lowest BCUT2D eigenvalue weighted by Crippen LogP contribution is -2.49. The monoisotopic (exact) mass is 406 g/mol. The molecule has 1 fully saturated rings. The lowest BCUT2D eigenvalue weighted by atomic mass is 10.2. The molecular formula is C23H26N4OS. The van der Waals surface area contributed by atoms with Crippen LogP contribution >= 0.6 is 11.8 Å². The van der Waals surface area contributed by atoms with Gasteiger partial charge in [-0.15, -0.1) is 6.58 Å². The van der Waals surface area contributed by atoms with Gasteiger partial charge >= 0.3 is 0 Å². The van der Waals surface area contributed by atoms with Gasteiger partial charge in [0.15, 0.2) is 5.16 Å². The van der Waals surface area contributed by atoms with Crippen LogP contribution in [-0.4, -0.2) is 57.2 Å². The zero-order valence-electron chi connectivity index (χ0n) is 16.5. The number of aromatic nitrogens is 2. The number of carbonyl (C=O) groups excluding carboxylic acids is 1. The Morgan fingerprint density at radius 2 is 1.76 bits per heavy atom. The Morgan fingerprint density at radius 1 is 1.03 bits per heavy atom. The average Bonchev–Trinajstić information content (AvgIpc) is 3.11. The summed E-state index contributed by atoms with van der Waals surface area (Å²) in [5.41, 5.74) is 3.26. The Labute approximate surface area is 176 Å². The van der Waals surface area contributed by atoms with Gasteiger partial charge in [0, 0.05) is 38.5 Å². The molecule has 1 aliphatic heterocycles. The third-order valence-corrected chi connectivity index (χ3v) is 6.19. The van der Waals surface area contributed by atoms with Crippen LogP contribution in [0, 0.1) is 0 Å². The smallest absolute Gasteiger partial charge is 0.242 e. The van der Waals surface area contributed by atoms with Crippen molar-refractivity contribution in [1.82, 2.24) is 19.4 Å². The molecule has 2 aromatic carbocycles. The molecule has 6 heteroatoms. The SMILES string of the molecule is C=CCSc1nc2ccccc2n1CC(=O)N1CCN(Cc2ccccc2)CC1. The van der Waals surface area contributed by atoms with Crippen molar-refractivity contribution >= 4 is 28.7 Å². The largest absolute Gasteiger partial charge is 0.339 e. The Hall–Kier alpha value is -2.57. The number of para-hydroxylation sites is 2. The Balaban J connectivity index is 1.40. The highest BCUT2D eigenvalue weighted by molar-refractivity contribution is 7.99. The van der Waals surface area contributed by atoms with E-state index in [1.165, 1.54) is 5.56 Å². The third kappa shape index (κ3) is 4.71. The van der Waals surface area contributed by atoms with Crippen molar-refractivity contribution in [2.24, 2.45) is 0 Å². The second-order valence-electron chi connectivity index (χ2n) is 7.21. The normalized spacial score (nSPS) is 15.0. The maximum Gasteiger partial charge on any atom is 0.242 e. The van der Waals surface area contributed by atoms with Gasteiger partial charge in [-0.25, -0.2) is 4.98 Å². The second-order valence-corrected chi connectivity index (χ2v) is 8.20. The second kappa shape index (κ2) is 9.29. The molecule has 0 radical (unpaired) electrons. The van der Waals surface area contributed by atoms with Gasteiger partial charge in [0.1, 0.15) is 6.54 Å². The molecule has 0 spiro atoms. The highest BCUT2D eigenvalue weighted by Crippen LogP contribution is 2.24. The molecule has 0 bridgehead atoms. The first-order valence-electron chi connectivity index (χ1n) is 9.97. The third-order valence-electron chi connectivity index (χ3n) is 5.22. The van der Waals surface area contributed by atoms with Gasteiger partial charge in [-0.3, -0.25) is 9.69 Å². The summed E-state index contributed by atoms with van der Waals surface area (Å²) in [6, 6.07) is 18.5. The molecule has 0 N–H and O–H groups in total. The molecule has 1 saturated heterocycles. The highest BCUT2D eigenvalue weighted by atomic mass is 32.2. The lowest BCUT2D eigenvalue weighted by molar-refractivity contribution is -0.133. The predicted molar refractivity (Wildman–Crippen MR) is 119 cm³/mol. The van der Waals surface area contributed by atoms with Crippen LogP contribution in [0.3, 0.4) is 0 Å². The summed E-state index contributed by atoms with van der Waals surface area (Å²) < 4.78 is 2.04. The summed E-state index contributed by atoms with van der Waals surface area (Å²) in [5, 5.41) is 0.877.